The number of aromatic nitrogens is 1. The highest BCUT2D eigenvalue weighted by Gasteiger charge is 2.38. The molecule has 0 saturated carbocycles. The number of methoxy groups -OCH3 is 1. The van der Waals surface area contributed by atoms with Gasteiger partial charge in [0.15, 0.2) is 6.17 Å². The van der Waals surface area contributed by atoms with E-state index in [2.05, 4.69) is 10.3 Å². The summed E-state index contributed by atoms with van der Waals surface area (Å²) < 4.78 is 4.73. The number of rotatable bonds is 4. The maximum Gasteiger partial charge on any atom is 0.337 e. The first kappa shape index (κ1) is 17.7. The number of pyridine rings is 1. The lowest BCUT2D eigenvalue weighted by atomic mass is 10.2. The molecular weight excluding hydrogens is 354 g/mol. The number of ether oxygens (including phenoxy) is 1. The van der Waals surface area contributed by atoms with E-state index in [1.165, 1.54) is 7.11 Å². The molecule has 1 aromatic heterocycles. The molecule has 0 bridgehead atoms. The van der Waals surface area contributed by atoms with Crippen LogP contribution >= 0.6 is 0 Å². The number of esters is 1. The van der Waals surface area contributed by atoms with Crippen LogP contribution in [0.15, 0.2) is 66.9 Å². The SMILES string of the molecule is COC(=O)c1ccc(NC2c3ncccc3C(=O)N2c2ccc(C)cc2)cc1. The van der Waals surface area contributed by atoms with Crippen LogP contribution in [0.1, 0.15) is 38.1 Å². The average molecular weight is 373 g/mol. The van der Waals surface area contributed by atoms with Crippen LogP contribution in [0, 0.1) is 6.92 Å². The minimum atomic E-state index is -0.449. The normalized spacial score (nSPS) is 15.3. The number of nitrogens with one attached hydrogen (secondary N) is 1. The van der Waals surface area contributed by atoms with Gasteiger partial charge in [0.1, 0.15) is 0 Å². The Morgan fingerprint density at radius 3 is 2.46 bits per heavy atom. The minimum Gasteiger partial charge on any atom is -0.465 e. The number of aryl methyl sites for hydroxylation is 1. The molecule has 3 aromatic rings. The van der Waals surface area contributed by atoms with Crippen LogP contribution in [0.4, 0.5) is 11.4 Å². The van der Waals surface area contributed by atoms with Gasteiger partial charge in [-0.1, -0.05) is 17.7 Å². The summed E-state index contributed by atoms with van der Waals surface area (Å²) in [5.74, 6) is -0.494. The third-order valence-electron chi connectivity index (χ3n) is 4.73. The van der Waals surface area contributed by atoms with E-state index in [0.717, 1.165) is 16.9 Å². The molecule has 6 nitrogen and oxygen atoms in total. The van der Waals surface area contributed by atoms with Crippen LogP contribution < -0.4 is 10.2 Å². The predicted octanol–water partition coefficient (Wildman–Crippen LogP) is 3.95. The summed E-state index contributed by atoms with van der Waals surface area (Å²) >= 11 is 0. The van der Waals surface area contributed by atoms with Crippen molar-refractivity contribution < 1.29 is 14.3 Å². The van der Waals surface area contributed by atoms with Gasteiger partial charge < -0.3 is 10.1 Å². The average Bonchev–Trinajstić information content (AvgIpc) is 3.01. The molecule has 0 radical (unpaired) electrons. The molecule has 1 aliphatic heterocycles. The summed E-state index contributed by atoms with van der Waals surface area (Å²) in [4.78, 5) is 30.8. The van der Waals surface area contributed by atoms with Crippen molar-refractivity contribution in [2.75, 3.05) is 17.3 Å². The Labute approximate surface area is 162 Å². The van der Waals surface area contributed by atoms with E-state index in [4.69, 9.17) is 4.74 Å². The lowest BCUT2D eigenvalue weighted by Gasteiger charge is -2.26. The van der Waals surface area contributed by atoms with Gasteiger partial charge in [-0.2, -0.15) is 0 Å². The number of anilines is 2. The Morgan fingerprint density at radius 1 is 1.07 bits per heavy atom. The third-order valence-corrected chi connectivity index (χ3v) is 4.73. The second-order valence-corrected chi connectivity index (χ2v) is 6.56. The Kier molecular flexibility index (Phi) is 4.53. The van der Waals surface area contributed by atoms with Gasteiger partial charge in [-0.3, -0.25) is 14.7 Å². The van der Waals surface area contributed by atoms with Crippen LogP contribution in [-0.4, -0.2) is 24.0 Å². The molecule has 6 heteroatoms. The molecule has 140 valence electrons. The fourth-order valence-electron chi connectivity index (χ4n) is 3.27. The van der Waals surface area contributed by atoms with Crippen LogP contribution in [0.5, 0.6) is 0 Å². The lowest BCUT2D eigenvalue weighted by molar-refractivity contribution is 0.0600. The third kappa shape index (κ3) is 3.09. The lowest BCUT2D eigenvalue weighted by Crippen LogP contribution is -2.32. The van der Waals surface area contributed by atoms with Crippen molar-refractivity contribution >= 4 is 23.3 Å². The quantitative estimate of drug-likeness (QED) is 0.701. The highest BCUT2D eigenvalue weighted by Crippen LogP contribution is 2.36. The van der Waals surface area contributed by atoms with Gasteiger partial charge in [0.2, 0.25) is 0 Å². The van der Waals surface area contributed by atoms with Gasteiger partial charge in [0.05, 0.1) is 23.9 Å². The molecule has 1 atom stereocenters. The first-order valence-electron chi connectivity index (χ1n) is 8.88. The molecule has 0 fully saturated rings. The first-order chi connectivity index (χ1) is 13.6. The van der Waals surface area contributed by atoms with Gasteiger partial charge in [0.25, 0.3) is 5.91 Å². The zero-order valence-corrected chi connectivity index (χ0v) is 15.5. The molecule has 0 aliphatic carbocycles. The van der Waals surface area contributed by atoms with Crippen LogP contribution in [-0.2, 0) is 4.74 Å². The van der Waals surface area contributed by atoms with E-state index in [-0.39, 0.29) is 5.91 Å². The van der Waals surface area contributed by atoms with Crippen molar-refractivity contribution in [2.24, 2.45) is 0 Å². The van der Waals surface area contributed by atoms with E-state index in [9.17, 15) is 9.59 Å². The molecule has 1 N–H and O–H groups in total. The van der Waals surface area contributed by atoms with Gasteiger partial charge in [-0.05, 0) is 55.5 Å². The number of carbonyl (C=O) groups excluding carboxylic acids is 2. The zero-order valence-electron chi connectivity index (χ0n) is 15.5. The second-order valence-electron chi connectivity index (χ2n) is 6.56. The molecule has 0 spiro atoms. The number of fused-ring (bicyclic) bond motifs is 1. The number of hydrogen-bond acceptors (Lipinski definition) is 5. The van der Waals surface area contributed by atoms with Gasteiger partial charge in [-0.25, -0.2) is 4.79 Å². The summed E-state index contributed by atoms with van der Waals surface area (Å²) in [6, 6.07) is 18.3. The van der Waals surface area contributed by atoms with Crippen molar-refractivity contribution in [3.63, 3.8) is 0 Å². The number of hydrogen-bond donors (Lipinski definition) is 1. The van der Waals surface area contributed by atoms with E-state index in [1.807, 2.05) is 31.2 Å². The van der Waals surface area contributed by atoms with E-state index < -0.39 is 12.1 Å². The Balaban J connectivity index is 1.70. The van der Waals surface area contributed by atoms with Crippen molar-refractivity contribution in [3.05, 3.63) is 89.2 Å². The molecular formula is C22H19N3O3. The van der Waals surface area contributed by atoms with Crippen LogP contribution in [0.3, 0.4) is 0 Å². The molecule has 0 saturated heterocycles. The Morgan fingerprint density at radius 2 is 1.79 bits per heavy atom. The van der Waals surface area contributed by atoms with Crippen molar-refractivity contribution in [2.45, 2.75) is 13.1 Å². The second kappa shape index (κ2) is 7.15. The summed E-state index contributed by atoms with van der Waals surface area (Å²) in [5.41, 5.74) is 4.38. The van der Waals surface area contributed by atoms with E-state index in [0.29, 0.717) is 16.8 Å². The molecule has 1 amide bonds. The zero-order chi connectivity index (χ0) is 19.7. The summed E-state index contributed by atoms with van der Waals surface area (Å²) in [6.07, 6.45) is 1.23. The fourth-order valence-corrected chi connectivity index (χ4v) is 3.27. The fraction of sp³-hybridized carbons (Fsp3) is 0.136. The van der Waals surface area contributed by atoms with Gasteiger partial charge in [-0.15, -0.1) is 0 Å². The monoisotopic (exact) mass is 373 g/mol. The molecule has 28 heavy (non-hydrogen) atoms. The standard InChI is InChI=1S/C22H19N3O3/c1-14-5-11-17(12-6-14)25-20(19-18(21(25)26)4-3-13-23-19)24-16-9-7-15(8-10-16)22(27)28-2/h3-13,20,24H,1-2H3. The van der Waals surface area contributed by atoms with Gasteiger partial charge in [0, 0.05) is 17.6 Å². The number of carbonyl (C=O) groups is 2. The van der Waals surface area contributed by atoms with E-state index >= 15 is 0 Å². The molecule has 1 unspecified atom stereocenters. The highest BCUT2D eigenvalue weighted by atomic mass is 16.5. The van der Waals surface area contributed by atoms with Crippen molar-refractivity contribution in [1.82, 2.24) is 4.98 Å². The Bertz CT molecular complexity index is 1030. The maximum absolute atomic E-state index is 13.0. The first-order valence-corrected chi connectivity index (χ1v) is 8.88. The Hall–Kier alpha value is -3.67. The van der Waals surface area contributed by atoms with Crippen LogP contribution in [0.2, 0.25) is 0 Å². The van der Waals surface area contributed by atoms with Crippen molar-refractivity contribution in [3.8, 4) is 0 Å². The molecule has 4 rings (SSSR count). The van der Waals surface area contributed by atoms with Gasteiger partial charge >= 0.3 is 5.97 Å². The predicted molar refractivity (Wildman–Crippen MR) is 106 cm³/mol. The summed E-state index contributed by atoms with van der Waals surface area (Å²) in [6.45, 7) is 2.00. The minimum absolute atomic E-state index is 0.101. The van der Waals surface area contributed by atoms with Crippen LogP contribution in [0.25, 0.3) is 0 Å². The van der Waals surface area contributed by atoms with Crippen molar-refractivity contribution in [1.29, 1.82) is 0 Å². The summed E-state index contributed by atoms with van der Waals surface area (Å²) in [7, 11) is 1.35. The molecule has 2 heterocycles. The smallest absolute Gasteiger partial charge is 0.337 e. The number of benzene rings is 2. The molecule has 1 aliphatic rings. The summed E-state index contributed by atoms with van der Waals surface area (Å²) in [5, 5.41) is 3.37. The topological polar surface area (TPSA) is 71.5 Å². The highest BCUT2D eigenvalue weighted by molar-refractivity contribution is 6.11. The largest absolute Gasteiger partial charge is 0.465 e. The maximum atomic E-state index is 13.0. The number of amides is 1. The van der Waals surface area contributed by atoms with E-state index in [1.54, 1.807) is 47.5 Å². The number of nitrogens with zero attached hydrogens (tertiary/aromatic N) is 2. The molecule has 2 aromatic carbocycles.